The maximum Gasteiger partial charge on any atom is 0.198 e. The fraction of sp³-hybridized carbons (Fsp3) is 0.278. The molecule has 2 aromatic rings. The molecule has 0 saturated carbocycles. The predicted octanol–water partition coefficient (Wildman–Crippen LogP) is 2.64. The number of hydrogen-bond acceptors (Lipinski definition) is 5. The summed E-state index contributed by atoms with van der Waals surface area (Å²) in [6.45, 7) is 0. The second-order valence-corrected chi connectivity index (χ2v) is 4.92. The van der Waals surface area contributed by atoms with Crippen LogP contribution in [-0.2, 0) is 4.74 Å². The molecule has 0 fully saturated rings. The van der Waals surface area contributed by atoms with E-state index in [9.17, 15) is 9.90 Å². The van der Waals surface area contributed by atoms with Crippen molar-refractivity contribution in [2.75, 3.05) is 21.3 Å². The third kappa shape index (κ3) is 3.52. The molecule has 122 valence electrons. The summed E-state index contributed by atoms with van der Waals surface area (Å²) in [7, 11) is 4.40. The molecule has 0 radical (unpaired) electrons. The van der Waals surface area contributed by atoms with Crippen LogP contribution >= 0.6 is 0 Å². The number of hydrogen-bond donors (Lipinski definition) is 1. The van der Waals surface area contributed by atoms with Gasteiger partial charge in [0.2, 0.25) is 0 Å². The number of carbonyl (C=O) groups excluding carboxylic acids is 1. The Hall–Kier alpha value is -2.37. The molecule has 0 aromatic heterocycles. The Kier molecular flexibility index (Phi) is 5.73. The molecule has 0 saturated heterocycles. The molecule has 2 rings (SSSR count). The number of carbonyl (C=O) groups is 1. The molecule has 0 amide bonds. The van der Waals surface area contributed by atoms with Crippen molar-refractivity contribution < 1.29 is 24.1 Å². The molecule has 2 aromatic carbocycles. The van der Waals surface area contributed by atoms with Gasteiger partial charge in [0.05, 0.1) is 19.8 Å². The number of aliphatic hydroxyl groups is 1. The highest BCUT2D eigenvalue weighted by atomic mass is 16.5. The minimum atomic E-state index is -1.36. The molecular weight excluding hydrogens is 296 g/mol. The highest BCUT2D eigenvalue weighted by molar-refractivity contribution is 6.02. The SMILES string of the molecule is COc1cccc(C(=O)[C@H](O)[C@@H](OC)c2ccccc2)c1OC. The van der Waals surface area contributed by atoms with E-state index in [1.165, 1.54) is 21.3 Å². The first-order valence-electron chi connectivity index (χ1n) is 7.15. The Morgan fingerprint density at radius 1 is 0.957 bits per heavy atom. The maximum atomic E-state index is 12.7. The van der Waals surface area contributed by atoms with Crippen LogP contribution in [0.4, 0.5) is 0 Å². The number of rotatable bonds is 7. The molecule has 0 bridgehead atoms. The van der Waals surface area contributed by atoms with E-state index >= 15 is 0 Å². The van der Waals surface area contributed by atoms with Gasteiger partial charge in [0.1, 0.15) is 12.2 Å². The van der Waals surface area contributed by atoms with Crippen molar-refractivity contribution in [1.82, 2.24) is 0 Å². The van der Waals surface area contributed by atoms with E-state index in [0.717, 1.165) is 5.56 Å². The largest absolute Gasteiger partial charge is 0.493 e. The standard InChI is InChI=1S/C18H20O5/c1-21-14-11-7-10-13(18(14)23-3)15(19)16(20)17(22-2)12-8-5-4-6-9-12/h4-11,16-17,20H,1-3H3/t16-,17-/m0/s1. The van der Waals surface area contributed by atoms with Crippen LogP contribution in [0.3, 0.4) is 0 Å². The van der Waals surface area contributed by atoms with Gasteiger partial charge in [-0.05, 0) is 17.7 Å². The maximum absolute atomic E-state index is 12.7. The van der Waals surface area contributed by atoms with Crippen LogP contribution in [0, 0.1) is 0 Å². The van der Waals surface area contributed by atoms with Crippen LogP contribution in [0.5, 0.6) is 11.5 Å². The van der Waals surface area contributed by atoms with Crippen LogP contribution in [0.25, 0.3) is 0 Å². The zero-order valence-corrected chi connectivity index (χ0v) is 13.4. The molecule has 0 aliphatic carbocycles. The highest BCUT2D eigenvalue weighted by Crippen LogP contribution is 2.33. The van der Waals surface area contributed by atoms with Crippen molar-refractivity contribution in [1.29, 1.82) is 0 Å². The first kappa shape index (κ1) is 17.0. The van der Waals surface area contributed by atoms with Crippen LogP contribution in [-0.4, -0.2) is 38.3 Å². The molecule has 5 nitrogen and oxygen atoms in total. The minimum absolute atomic E-state index is 0.248. The summed E-state index contributed by atoms with van der Waals surface area (Å²) in [5, 5.41) is 10.5. The Morgan fingerprint density at radius 3 is 2.22 bits per heavy atom. The lowest BCUT2D eigenvalue weighted by Crippen LogP contribution is -2.29. The van der Waals surface area contributed by atoms with E-state index in [-0.39, 0.29) is 5.56 Å². The molecule has 0 heterocycles. The van der Waals surface area contributed by atoms with Gasteiger partial charge < -0.3 is 19.3 Å². The first-order chi connectivity index (χ1) is 11.1. The van der Waals surface area contributed by atoms with Gasteiger partial charge in [-0.15, -0.1) is 0 Å². The van der Waals surface area contributed by atoms with Crippen LogP contribution in [0.2, 0.25) is 0 Å². The van der Waals surface area contributed by atoms with Crippen molar-refractivity contribution in [3.05, 3.63) is 59.7 Å². The lowest BCUT2D eigenvalue weighted by atomic mass is 9.96. The summed E-state index contributed by atoms with van der Waals surface area (Å²) in [5.74, 6) is 0.234. The van der Waals surface area contributed by atoms with Gasteiger partial charge in [-0.25, -0.2) is 0 Å². The highest BCUT2D eigenvalue weighted by Gasteiger charge is 2.30. The van der Waals surface area contributed by atoms with Crippen LogP contribution in [0.1, 0.15) is 22.0 Å². The number of para-hydroxylation sites is 1. The third-order valence-corrected chi connectivity index (χ3v) is 3.61. The number of aliphatic hydroxyl groups excluding tert-OH is 1. The summed E-state index contributed by atoms with van der Waals surface area (Å²) < 4.78 is 15.8. The molecule has 1 N–H and O–H groups in total. The van der Waals surface area contributed by atoms with Crippen molar-refractivity contribution in [2.24, 2.45) is 0 Å². The Balaban J connectivity index is 2.36. The van der Waals surface area contributed by atoms with Gasteiger partial charge in [-0.3, -0.25) is 4.79 Å². The van der Waals surface area contributed by atoms with E-state index in [1.54, 1.807) is 30.3 Å². The fourth-order valence-electron chi connectivity index (χ4n) is 2.47. The topological polar surface area (TPSA) is 65.0 Å². The van der Waals surface area contributed by atoms with Gasteiger partial charge in [0.15, 0.2) is 17.3 Å². The Labute approximate surface area is 135 Å². The molecular formula is C18H20O5. The molecule has 23 heavy (non-hydrogen) atoms. The van der Waals surface area contributed by atoms with Gasteiger partial charge in [0.25, 0.3) is 0 Å². The van der Waals surface area contributed by atoms with Gasteiger partial charge in [-0.2, -0.15) is 0 Å². The van der Waals surface area contributed by atoms with E-state index in [0.29, 0.717) is 11.5 Å². The quantitative estimate of drug-likeness (QED) is 0.796. The molecule has 2 atom stereocenters. The Morgan fingerprint density at radius 2 is 1.65 bits per heavy atom. The summed E-state index contributed by atoms with van der Waals surface area (Å²) in [4.78, 5) is 12.7. The number of Topliss-reactive ketones (excluding diaryl/α,β-unsaturated/α-hetero) is 1. The van der Waals surface area contributed by atoms with Gasteiger partial charge >= 0.3 is 0 Å². The fourth-order valence-corrected chi connectivity index (χ4v) is 2.47. The van der Waals surface area contributed by atoms with Crippen molar-refractivity contribution in [3.8, 4) is 11.5 Å². The second-order valence-electron chi connectivity index (χ2n) is 4.92. The summed E-state index contributed by atoms with van der Waals surface area (Å²) >= 11 is 0. The van der Waals surface area contributed by atoms with Crippen LogP contribution in [0.15, 0.2) is 48.5 Å². The first-order valence-corrected chi connectivity index (χ1v) is 7.15. The molecule has 0 aliphatic rings. The summed E-state index contributed by atoms with van der Waals surface area (Å²) in [6.07, 6.45) is -2.12. The zero-order valence-electron chi connectivity index (χ0n) is 13.4. The molecule has 5 heteroatoms. The van der Waals surface area contributed by atoms with E-state index < -0.39 is 18.0 Å². The van der Waals surface area contributed by atoms with E-state index in [2.05, 4.69) is 0 Å². The predicted molar refractivity (Wildman–Crippen MR) is 86.1 cm³/mol. The second kappa shape index (κ2) is 7.76. The van der Waals surface area contributed by atoms with E-state index in [1.807, 2.05) is 18.2 Å². The number of methoxy groups -OCH3 is 3. The number of benzene rings is 2. The average molecular weight is 316 g/mol. The molecule has 0 unspecified atom stereocenters. The van der Waals surface area contributed by atoms with Crippen molar-refractivity contribution in [3.63, 3.8) is 0 Å². The summed E-state index contributed by atoms with van der Waals surface area (Å²) in [5.41, 5.74) is 0.968. The van der Waals surface area contributed by atoms with Crippen LogP contribution < -0.4 is 9.47 Å². The van der Waals surface area contributed by atoms with Gasteiger partial charge in [-0.1, -0.05) is 36.4 Å². The summed E-state index contributed by atoms with van der Waals surface area (Å²) in [6, 6.07) is 14.1. The average Bonchev–Trinajstić information content (AvgIpc) is 2.61. The number of ether oxygens (including phenoxy) is 3. The lowest BCUT2D eigenvalue weighted by molar-refractivity contribution is -0.00445. The van der Waals surface area contributed by atoms with E-state index in [4.69, 9.17) is 14.2 Å². The zero-order chi connectivity index (χ0) is 16.8. The van der Waals surface area contributed by atoms with Gasteiger partial charge in [0, 0.05) is 7.11 Å². The van der Waals surface area contributed by atoms with Crippen molar-refractivity contribution >= 4 is 5.78 Å². The normalized spacial score (nSPS) is 13.2. The molecule has 0 spiro atoms. The molecule has 0 aliphatic heterocycles. The minimum Gasteiger partial charge on any atom is -0.493 e. The third-order valence-electron chi connectivity index (χ3n) is 3.61. The lowest BCUT2D eigenvalue weighted by Gasteiger charge is -2.22. The van der Waals surface area contributed by atoms with Crippen molar-refractivity contribution in [2.45, 2.75) is 12.2 Å². The number of ketones is 1. The smallest absolute Gasteiger partial charge is 0.198 e. The Bertz CT molecular complexity index is 654. The monoisotopic (exact) mass is 316 g/mol.